The quantitative estimate of drug-likeness (QED) is 0.251. The predicted octanol–water partition coefficient (Wildman–Crippen LogP) is 3.60. The van der Waals surface area contributed by atoms with Crippen LogP contribution in [0, 0.1) is 5.92 Å². The summed E-state index contributed by atoms with van der Waals surface area (Å²) in [6.07, 6.45) is 0. The molecule has 0 aliphatic carbocycles. The number of anilines is 1. The number of carbonyl (C=O) groups excluding carboxylic acids is 1. The van der Waals surface area contributed by atoms with Crippen molar-refractivity contribution in [3.8, 4) is 11.5 Å². The normalized spacial score (nSPS) is 10.8. The van der Waals surface area contributed by atoms with E-state index in [0.29, 0.717) is 18.8 Å². The minimum absolute atomic E-state index is 0. The Morgan fingerprint density at radius 1 is 1.12 bits per heavy atom. The Balaban J connectivity index is 0.00000338. The van der Waals surface area contributed by atoms with Gasteiger partial charge in [-0.25, -0.2) is 0 Å². The second-order valence-corrected chi connectivity index (χ2v) is 5.78. The number of benzene rings is 2. The van der Waals surface area contributed by atoms with Gasteiger partial charge in [0.25, 0.3) is 0 Å². The van der Waals surface area contributed by atoms with Crippen molar-refractivity contribution in [3.05, 3.63) is 54.6 Å². The van der Waals surface area contributed by atoms with Crippen LogP contribution in [0.3, 0.4) is 0 Å². The van der Waals surface area contributed by atoms with Crippen molar-refractivity contribution in [2.24, 2.45) is 16.6 Å². The van der Waals surface area contributed by atoms with Gasteiger partial charge in [0.05, 0.1) is 6.54 Å². The van der Waals surface area contributed by atoms with Crippen molar-refractivity contribution in [1.82, 2.24) is 5.32 Å². The lowest BCUT2D eigenvalue weighted by molar-refractivity contribution is -0.123. The average molecular weight is 468 g/mol. The highest BCUT2D eigenvalue weighted by molar-refractivity contribution is 14.0. The van der Waals surface area contributed by atoms with Crippen molar-refractivity contribution in [1.29, 1.82) is 0 Å². The number of nitrogens with one attached hydrogen (secondary N) is 2. The summed E-state index contributed by atoms with van der Waals surface area (Å²) in [6, 6.07) is 17.0. The van der Waals surface area contributed by atoms with Crippen LogP contribution >= 0.6 is 24.0 Å². The fraction of sp³-hybridized carbons (Fsp3) is 0.263. The van der Waals surface area contributed by atoms with Gasteiger partial charge in [-0.1, -0.05) is 38.1 Å². The molecule has 0 heterocycles. The lowest BCUT2D eigenvalue weighted by Gasteiger charge is -2.10. The summed E-state index contributed by atoms with van der Waals surface area (Å²) in [4.78, 5) is 15.6. The van der Waals surface area contributed by atoms with Gasteiger partial charge in [-0.2, -0.15) is 0 Å². The molecule has 0 aliphatic heterocycles. The third-order valence-electron chi connectivity index (χ3n) is 3.30. The number of amides is 1. The number of para-hydroxylation sites is 1. The van der Waals surface area contributed by atoms with E-state index in [-0.39, 0.29) is 41.8 Å². The van der Waals surface area contributed by atoms with E-state index < -0.39 is 0 Å². The highest BCUT2D eigenvalue weighted by Crippen LogP contribution is 2.23. The Kier molecular flexibility index (Phi) is 9.50. The fourth-order valence-corrected chi connectivity index (χ4v) is 2.01. The Bertz CT molecular complexity index is 720. The molecule has 2 aromatic rings. The molecule has 140 valence electrons. The van der Waals surface area contributed by atoms with Crippen molar-refractivity contribution >= 4 is 41.5 Å². The molecule has 6 nitrogen and oxygen atoms in total. The Morgan fingerprint density at radius 2 is 1.81 bits per heavy atom. The first-order valence-corrected chi connectivity index (χ1v) is 8.22. The van der Waals surface area contributed by atoms with E-state index in [1.807, 2.05) is 68.4 Å². The number of guanidine groups is 1. The van der Waals surface area contributed by atoms with Gasteiger partial charge in [-0.15, -0.1) is 24.0 Å². The molecular weight excluding hydrogens is 443 g/mol. The molecule has 0 spiro atoms. The lowest BCUT2D eigenvalue weighted by atomic mass is 10.2. The van der Waals surface area contributed by atoms with Crippen LogP contribution in [0.25, 0.3) is 0 Å². The number of aliphatic imine (C=N–C) groups is 1. The predicted molar refractivity (Wildman–Crippen MR) is 116 cm³/mol. The van der Waals surface area contributed by atoms with Crippen molar-refractivity contribution in [2.75, 3.05) is 18.4 Å². The molecule has 0 saturated heterocycles. The number of nitrogens with zero attached hydrogens (tertiary/aromatic N) is 1. The standard InChI is InChI=1S/C19H24N4O2.HI/c1-14(2)18(24)21-11-12-22-19(20)23-15-7-6-10-17(13-15)25-16-8-4-3-5-9-16;/h3-10,13-14H,11-12H2,1-2H3,(H,21,24)(H3,20,22,23);1H. The van der Waals surface area contributed by atoms with Crippen molar-refractivity contribution in [2.45, 2.75) is 13.8 Å². The molecule has 7 heteroatoms. The van der Waals surface area contributed by atoms with Gasteiger partial charge < -0.3 is 21.1 Å². The van der Waals surface area contributed by atoms with Gasteiger partial charge in [-0.3, -0.25) is 9.79 Å². The van der Waals surface area contributed by atoms with Gasteiger partial charge in [-0.05, 0) is 24.3 Å². The molecule has 2 rings (SSSR count). The van der Waals surface area contributed by atoms with Gasteiger partial charge >= 0.3 is 0 Å². The van der Waals surface area contributed by atoms with Gasteiger partial charge in [0, 0.05) is 24.2 Å². The summed E-state index contributed by atoms with van der Waals surface area (Å²) in [7, 11) is 0. The van der Waals surface area contributed by atoms with Crippen LogP contribution in [0.2, 0.25) is 0 Å². The van der Waals surface area contributed by atoms with Crippen LogP contribution in [0.1, 0.15) is 13.8 Å². The molecular formula is C19H25IN4O2. The van der Waals surface area contributed by atoms with Crippen LogP contribution in [0.5, 0.6) is 11.5 Å². The zero-order valence-corrected chi connectivity index (χ0v) is 17.3. The van der Waals surface area contributed by atoms with Crippen LogP contribution in [-0.2, 0) is 4.79 Å². The molecule has 26 heavy (non-hydrogen) atoms. The third kappa shape index (κ3) is 7.73. The van der Waals surface area contributed by atoms with Crippen molar-refractivity contribution < 1.29 is 9.53 Å². The van der Waals surface area contributed by atoms with Crippen molar-refractivity contribution in [3.63, 3.8) is 0 Å². The van der Waals surface area contributed by atoms with Gasteiger partial charge in [0.1, 0.15) is 11.5 Å². The largest absolute Gasteiger partial charge is 0.457 e. The van der Waals surface area contributed by atoms with Crippen LogP contribution in [0.15, 0.2) is 59.6 Å². The minimum atomic E-state index is -0.0354. The summed E-state index contributed by atoms with van der Waals surface area (Å²) < 4.78 is 5.78. The molecule has 1 amide bonds. The lowest BCUT2D eigenvalue weighted by Crippen LogP contribution is -2.31. The topological polar surface area (TPSA) is 88.7 Å². The van der Waals surface area contributed by atoms with E-state index in [0.717, 1.165) is 11.4 Å². The molecule has 4 N–H and O–H groups in total. The third-order valence-corrected chi connectivity index (χ3v) is 3.30. The molecule has 0 bridgehead atoms. The SMILES string of the molecule is CC(C)C(=O)NCCN=C(N)Nc1cccc(Oc2ccccc2)c1.I. The number of halogens is 1. The monoisotopic (exact) mass is 468 g/mol. The van der Waals surface area contributed by atoms with E-state index >= 15 is 0 Å². The summed E-state index contributed by atoms with van der Waals surface area (Å²) in [6.45, 7) is 4.56. The first-order chi connectivity index (χ1) is 12.0. The average Bonchev–Trinajstić information content (AvgIpc) is 2.59. The van der Waals surface area contributed by atoms with E-state index in [1.165, 1.54) is 0 Å². The molecule has 0 aliphatic rings. The summed E-state index contributed by atoms with van der Waals surface area (Å²) in [5.74, 6) is 1.73. The summed E-state index contributed by atoms with van der Waals surface area (Å²) in [5.41, 5.74) is 6.65. The van der Waals surface area contributed by atoms with Gasteiger partial charge in [0.2, 0.25) is 5.91 Å². The number of hydrogen-bond donors (Lipinski definition) is 3. The maximum Gasteiger partial charge on any atom is 0.222 e. The number of nitrogens with two attached hydrogens (primary N) is 1. The molecule has 0 atom stereocenters. The van der Waals surface area contributed by atoms with E-state index in [4.69, 9.17) is 10.5 Å². The fourth-order valence-electron chi connectivity index (χ4n) is 2.01. The van der Waals surface area contributed by atoms with E-state index in [9.17, 15) is 4.79 Å². The number of ether oxygens (including phenoxy) is 1. The van der Waals surface area contributed by atoms with Crippen LogP contribution in [-0.4, -0.2) is 25.0 Å². The molecule has 2 aromatic carbocycles. The second kappa shape index (κ2) is 11.3. The van der Waals surface area contributed by atoms with Crippen LogP contribution < -0.4 is 21.1 Å². The first-order valence-electron chi connectivity index (χ1n) is 8.22. The summed E-state index contributed by atoms with van der Waals surface area (Å²) in [5, 5.41) is 5.80. The Hall–Kier alpha value is -2.29. The highest BCUT2D eigenvalue weighted by Gasteiger charge is 2.04. The molecule has 0 fully saturated rings. The highest BCUT2D eigenvalue weighted by atomic mass is 127. The zero-order valence-electron chi connectivity index (χ0n) is 14.9. The number of rotatable bonds is 7. The van der Waals surface area contributed by atoms with E-state index in [1.54, 1.807) is 0 Å². The molecule has 0 radical (unpaired) electrons. The smallest absolute Gasteiger partial charge is 0.222 e. The Labute approximate surface area is 171 Å². The molecule has 0 aromatic heterocycles. The Morgan fingerprint density at radius 3 is 2.50 bits per heavy atom. The minimum Gasteiger partial charge on any atom is -0.457 e. The first kappa shape index (κ1) is 21.8. The number of hydrogen-bond acceptors (Lipinski definition) is 3. The zero-order chi connectivity index (χ0) is 18.1. The maximum atomic E-state index is 11.4. The summed E-state index contributed by atoms with van der Waals surface area (Å²) >= 11 is 0. The molecule has 0 saturated carbocycles. The van der Waals surface area contributed by atoms with E-state index in [2.05, 4.69) is 15.6 Å². The molecule has 0 unspecified atom stereocenters. The van der Waals surface area contributed by atoms with Crippen LogP contribution in [0.4, 0.5) is 5.69 Å². The number of carbonyl (C=O) groups is 1. The maximum absolute atomic E-state index is 11.4. The van der Waals surface area contributed by atoms with Gasteiger partial charge in [0.15, 0.2) is 5.96 Å². The second-order valence-electron chi connectivity index (χ2n) is 5.78.